The highest BCUT2D eigenvalue weighted by atomic mass is 79.9. The summed E-state index contributed by atoms with van der Waals surface area (Å²) in [4.78, 5) is 0.214. The Morgan fingerprint density at radius 2 is 1.52 bits per heavy atom. The van der Waals surface area contributed by atoms with Crippen molar-refractivity contribution in [1.82, 2.24) is 0 Å². The maximum Gasteiger partial charge on any atom is 0.261 e. The molecule has 0 aliphatic carbocycles. The number of anilines is 2. The fourth-order valence-corrected chi connectivity index (χ4v) is 3.81. The van der Waals surface area contributed by atoms with Crippen LogP contribution in [0.1, 0.15) is 11.1 Å². The van der Waals surface area contributed by atoms with Crippen LogP contribution in [0.2, 0.25) is 0 Å². The molecule has 0 aliphatic heterocycles. The molecule has 0 radical (unpaired) electrons. The van der Waals surface area contributed by atoms with Crippen LogP contribution in [0.15, 0.2) is 87.3 Å². The van der Waals surface area contributed by atoms with Gasteiger partial charge >= 0.3 is 0 Å². The third-order valence-electron chi connectivity index (χ3n) is 3.80. The smallest absolute Gasteiger partial charge is 0.261 e. The second-order valence-electron chi connectivity index (χ2n) is 5.86. The van der Waals surface area contributed by atoms with Gasteiger partial charge in [-0.1, -0.05) is 48.0 Å². The van der Waals surface area contributed by atoms with Crippen molar-refractivity contribution < 1.29 is 8.42 Å². The van der Waals surface area contributed by atoms with Gasteiger partial charge in [0.05, 0.1) is 22.5 Å². The zero-order valence-electron chi connectivity index (χ0n) is 14.6. The molecule has 0 saturated heterocycles. The summed E-state index contributed by atoms with van der Waals surface area (Å²) in [6.07, 6.45) is 1.58. The quantitative estimate of drug-likeness (QED) is 0.415. The lowest BCUT2D eigenvalue weighted by Crippen LogP contribution is -2.14. The molecule has 0 fully saturated rings. The number of hydrogen-bond donors (Lipinski definition) is 2. The molecule has 27 heavy (non-hydrogen) atoms. The summed E-state index contributed by atoms with van der Waals surface area (Å²) in [5.74, 6) is 0. The highest BCUT2D eigenvalue weighted by Crippen LogP contribution is 2.22. The van der Waals surface area contributed by atoms with Gasteiger partial charge < -0.3 is 0 Å². The summed E-state index contributed by atoms with van der Waals surface area (Å²) in [5, 5.41) is 4.21. The summed E-state index contributed by atoms with van der Waals surface area (Å²) in [6, 6.07) is 21.4. The zero-order valence-corrected chi connectivity index (χ0v) is 17.0. The van der Waals surface area contributed by atoms with E-state index in [1.165, 1.54) is 0 Å². The first-order chi connectivity index (χ1) is 13.0. The maximum absolute atomic E-state index is 12.6. The molecular formula is C20H18BrN3O2S. The first kappa shape index (κ1) is 19.1. The highest BCUT2D eigenvalue weighted by molar-refractivity contribution is 9.10. The van der Waals surface area contributed by atoms with Gasteiger partial charge in [-0.2, -0.15) is 5.10 Å². The van der Waals surface area contributed by atoms with E-state index in [9.17, 15) is 8.42 Å². The first-order valence-corrected chi connectivity index (χ1v) is 10.5. The number of halogens is 1. The monoisotopic (exact) mass is 443 g/mol. The first-order valence-electron chi connectivity index (χ1n) is 8.18. The second kappa shape index (κ2) is 8.37. The minimum absolute atomic E-state index is 0.214. The average Bonchev–Trinajstić information content (AvgIpc) is 2.65. The maximum atomic E-state index is 12.6. The van der Waals surface area contributed by atoms with E-state index in [2.05, 4.69) is 31.2 Å². The molecular weight excluding hydrogens is 426 g/mol. The van der Waals surface area contributed by atoms with E-state index in [4.69, 9.17) is 0 Å². The number of sulfonamides is 1. The van der Waals surface area contributed by atoms with Gasteiger partial charge in [0.1, 0.15) is 0 Å². The van der Waals surface area contributed by atoms with Crippen LogP contribution in [0.3, 0.4) is 0 Å². The number of hydrogen-bond acceptors (Lipinski definition) is 4. The Hall–Kier alpha value is -2.64. The van der Waals surface area contributed by atoms with Crippen molar-refractivity contribution >= 4 is 43.5 Å². The van der Waals surface area contributed by atoms with E-state index < -0.39 is 10.0 Å². The topological polar surface area (TPSA) is 70.6 Å². The minimum atomic E-state index is -3.68. The Morgan fingerprint density at radius 3 is 2.22 bits per heavy atom. The van der Waals surface area contributed by atoms with Gasteiger partial charge in [-0.3, -0.25) is 10.1 Å². The highest BCUT2D eigenvalue weighted by Gasteiger charge is 2.15. The Kier molecular flexibility index (Phi) is 5.93. The van der Waals surface area contributed by atoms with Crippen molar-refractivity contribution in [3.63, 3.8) is 0 Å². The largest absolute Gasteiger partial charge is 0.279 e. The van der Waals surface area contributed by atoms with Crippen LogP contribution in [0, 0.1) is 6.92 Å². The van der Waals surface area contributed by atoms with E-state index in [0.29, 0.717) is 11.3 Å². The van der Waals surface area contributed by atoms with E-state index in [1.54, 1.807) is 48.7 Å². The molecule has 3 aromatic rings. The van der Waals surface area contributed by atoms with Gasteiger partial charge in [-0.25, -0.2) is 8.42 Å². The molecule has 0 aliphatic rings. The molecule has 138 valence electrons. The summed E-state index contributed by atoms with van der Waals surface area (Å²) in [7, 11) is -3.68. The molecule has 0 atom stereocenters. The van der Waals surface area contributed by atoms with Crippen LogP contribution in [0.25, 0.3) is 0 Å². The third-order valence-corrected chi connectivity index (χ3v) is 5.87. The van der Waals surface area contributed by atoms with E-state index in [-0.39, 0.29) is 4.90 Å². The molecule has 0 amide bonds. The molecule has 0 heterocycles. The van der Waals surface area contributed by atoms with Crippen LogP contribution in [0.5, 0.6) is 0 Å². The number of nitrogens with zero attached hydrogens (tertiary/aromatic N) is 1. The fraction of sp³-hybridized carbons (Fsp3) is 0.0500. The van der Waals surface area contributed by atoms with Gasteiger partial charge in [-0.15, -0.1) is 0 Å². The van der Waals surface area contributed by atoms with Crippen molar-refractivity contribution in [2.24, 2.45) is 5.10 Å². The predicted molar refractivity (Wildman–Crippen MR) is 114 cm³/mol. The lowest BCUT2D eigenvalue weighted by molar-refractivity contribution is 0.601. The Bertz CT molecular complexity index is 1060. The van der Waals surface area contributed by atoms with Crippen LogP contribution >= 0.6 is 15.9 Å². The van der Waals surface area contributed by atoms with E-state index >= 15 is 0 Å². The third kappa shape index (κ3) is 4.96. The normalized spacial score (nSPS) is 11.5. The summed E-state index contributed by atoms with van der Waals surface area (Å²) in [6.45, 7) is 1.91. The number of benzene rings is 3. The molecule has 0 bridgehead atoms. The lowest BCUT2D eigenvalue weighted by Gasteiger charge is -2.11. The number of para-hydroxylation sites is 2. The molecule has 0 aromatic heterocycles. The fourth-order valence-electron chi connectivity index (χ4n) is 2.35. The Morgan fingerprint density at radius 1 is 0.889 bits per heavy atom. The SMILES string of the molecule is Cc1ccc(S(=O)(=O)Nc2ccccc2/C=N/Nc2ccccc2Br)cc1. The summed E-state index contributed by atoms with van der Waals surface area (Å²) < 4.78 is 28.8. The molecule has 0 saturated carbocycles. The zero-order chi connectivity index (χ0) is 19.3. The summed E-state index contributed by atoms with van der Waals surface area (Å²) in [5.41, 5.74) is 5.85. The van der Waals surface area contributed by atoms with E-state index in [0.717, 1.165) is 15.7 Å². The van der Waals surface area contributed by atoms with Crippen molar-refractivity contribution in [3.05, 3.63) is 88.4 Å². The van der Waals surface area contributed by atoms with Gasteiger partial charge in [-0.05, 0) is 53.2 Å². The lowest BCUT2D eigenvalue weighted by atomic mass is 10.2. The van der Waals surface area contributed by atoms with Crippen LogP contribution < -0.4 is 10.1 Å². The standard InChI is InChI=1S/C20H18BrN3O2S/c1-15-10-12-17(13-11-15)27(25,26)24-19-8-4-2-6-16(19)14-22-23-20-9-5-3-7-18(20)21/h2-14,23-24H,1H3/b22-14+. The van der Waals surface area contributed by atoms with Crippen LogP contribution in [-0.2, 0) is 10.0 Å². The average molecular weight is 444 g/mol. The number of aryl methyl sites for hydroxylation is 1. The van der Waals surface area contributed by atoms with Gasteiger partial charge in [0.15, 0.2) is 0 Å². The Labute approximate surface area is 167 Å². The van der Waals surface area contributed by atoms with Crippen molar-refractivity contribution in [1.29, 1.82) is 0 Å². The molecule has 2 N–H and O–H groups in total. The van der Waals surface area contributed by atoms with E-state index in [1.807, 2.05) is 37.3 Å². The molecule has 0 unspecified atom stereocenters. The van der Waals surface area contributed by atoms with Crippen LogP contribution in [0.4, 0.5) is 11.4 Å². The minimum Gasteiger partial charge on any atom is -0.279 e. The van der Waals surface area contributed by atoms with Gasteiger partial charge in [0.2, 0.25) is 0 Å². The predicted octanol–water partition coefficient (Wildman–Crippen LogP) is 5.00. The molecule has 0 spiro atoms. The van der Waals surface area contributed by atoms with Crippen molar-refractivity contribution in [2.75, 3.05) is 10.1 Å². The Balaban J connectivity index is 1.80. The molecule has 5 nitrogen and oxygen atoms in total. The summed E-state index contributed by atoms with van der Waals surface area (Å²) >= 11 is 3.44. The molecule has 3 aromatic carbocycles. The number of rotatable bonds is 6. The number of hydrazone groups is 1. The molecule has 7 heteroatoms. The second-order valence-corrected chi connectivity index (χ2v) is 8.39. The van der Waals surface area contributed by atoms with Crippen molar-refractivity contribution in [2.45, 2.75) is 11.8 Å². The van der Waals surface area contributed by atoms with Crippen LogP contribution in [-0.4, -0.2) is 14.6 Å². The van der Waals surface area contributed by atoms with Gasteiger partial charge in [0, 0.05) is 10.0 Å². The van der Waals surface area contributed by atoms with Crippen molar-refractivity contribution in [3.8, 4) is 0 Å². The molecule has 3 rings (SSSR count). The van der Waals surface area contributed by atoms with Gasteiger partial charge in [0.25, 0.3) is 10.0 Å². The number of nitrogens with one attached hydrogen (secondary N) is 2.